The van der Waals surface area contributed by atoms with E-state index in [1.54, 1.807) is 18.2 Å². The molecule has 6 nitrogen and oxygen atoms in total. The van der Waals surface area contributed by atoms with Crippen molar-refractivity contribution in [3.63, 3.8) is 0 Å². The molecule has 6 heteroatoms. The van der Waals surface area contributed by atoms with Crippen LogP contribution < -0.4 is 16.0 Å². The Bertz CT molecular complexity index is 453. The second kappa shape index (κ2) is 7.23. The largest absolute Gasteiger partial charge is 0.492 e. The molecular formula is C14H21N3O3. The van der Waals surface area contributed by atoms with Crippen molar-refractivity contribution in [2.45, 2.75) is 13.0 Å². The van der Waals surface area contributed by atoms with Gasteiger partial charge in [-0.3, -0.25) is 15.1 Å². The fourth-order valence-corrected chi connectivity index (χ4v) is 2.20. The Morgan fingerprint density at radius 3 is 3.20 bits per heavy atom. The number of benzene rings is 1. The zero-order valence-electron chi connectivity index (χ0n) is 11.7. The van der Waals surface area contributed by atoms with Gasteiger partial charge >= 0.3 is 0 Å². The molecule has 1 aromatic rings. The van der Waals surface area contributed by atoms with Crippen molar-refractivity contribution in [3.05, 3.63) is 29.8 Å². The van der Waals surface area contributed by atoms with Crippen molar-refractivity contribution in [1.82, 2.24) is 10.3 Å². The number of hydrogen-bond donors (Lipinski definition) is 2. The van der Waals surface area contributed by atoms with Crippen LogP contribution in [-0.2, 0) is 4.74 Å². The van der Waals surface area contributed by atoms with E-state index in [2.05, 4.69) is 17.2 Å². The maximum absolute atomic E-state index is 11.4. The van der Waals surface area contributed by atoms with Crippen LogP contribution in [0.3, 0.4) is 0 Å². The topological polar surface area (TPSA) is 76.8 Å². The van der Waals surface area contributed by atoms with Crippen LogP contribution in [-0.4, -0.2) is 49.8 Å². The van der Waals surface area contributed by atoms with E-state index in [1.165, 1.54) is 0 Å². The van der Waals surface area contributed by atoms with Crippen LogP contribution >= 0.6 is 0 Å². The molecule has 2 rings (SSSR count). The SMILES string of the molecule is CC1CN(CCOc2cccc(C(=O)NN)c2)CCO1. The fraction of sp³-hybridized carbons (Fsp3) is 0.500. The van der Waals surface area contributed by atoms with Crippen molar-refractivity contribution in [1.29, 1.82) is 0 Å². The van der Waals surface area contributed by atoms with E-state index in [4.69, 9.17) is 15.3 Å². The minimum atomic E-state index is -0.322. The van der Waals surface area contributed by atoms with Gasteiger partial charge in [0.2, 0.25) is 0 Å². The predicted molar refractivity (Wildman–Crippen MR) is 75.4 cm³/mol. The minimum absolute atomic E-state index is 0.278. The normalized spacial score (nSPS) is 19.6. The molecule has 1 heterocycles. The zero-order valence-corrected chi connectivity index (χ0v) is 11.7. The lowest BCUT2D eigenvalue weighted by Gasteiger charge is -2.30. The third kappa shape index (κ3) is 4.19. The molecule has 20 heavy (non-hydrogen) atoms. The number of rotatable bonds is 5. The Morgan fingerprint density at radius 2 is 2.45 bits per heavy atom. The molecule has 3 N–H and O–H groups in total. The van der Waals surface area contributed by atoms with Gasteiger partial charge in [0.15, 0.2) is 0 Å². The van der Waals surface area contributed by atoms with Crippen molar-refractivity contribution in [2.75, 3.05) is 32.8 Å². The molecule has 1 atom stereocenters. The van der Waals surface area contributed by atoms with Crippen LogP contribution in [0, 0.1) is 0 Å². The lowest BCUT2D eigenvalue weighted by molar-refractivity contribution is -0.0214. The summed E-state index contributed by atoms with van der Waals surface area (Å²) in [5.41, 5.74) is 2.60. The van der Waals surface area contributed by atoms with E-state index in [1.807, 2.05) is 6.07 Å². The quantitative estimate of drug-likeness (QED) is 0.463. The van der Waals surface area contributed by atoms with Gasteiger partial charge in [0.05, 0.1) is 12.7 Å². The van der Waals surface area contributed by atoms with E-state index >= 15 is 0 Å². The third-order valence-electron chi connectivity index (χ3n) is 3.23. The summed E-state index contributed by atoms with van der Waals surface area (Å²) < 4.78 is 11.2. The van der Waals surface area contributed by atoms with E-state index in [0.717, 1.165) is 26.2 Å². The highest BCUT2D eigenvalue weighted by molar-refractivity contribution is 5.94. The molecular weight excluding hydrogens is 258 g/mol. The lowest BCUT2D eigenvalue weighted by atomic mass is 10.2. The number of morpholine rings is 1. The molecule has 0 bridgehead atoms. The van der Waals surface area contributed by atoms with Crippen LogP contribution in [0.2, 0.25) is 0 Å². The number of carbonyl (C=O) groups excluding carboxylic acids is 1. The summed E-state index contributed by atoms with van der Waals surface area (Å²) in [6.07, 6.45) is 0.278. The first-order chi connectivity index (χ1) is 9.69. The second-order valence-electron chi connectivity index (χ2n) is 4.83. The van der Waals surface area contributed by atoms with E-state index in [9.17, 15) is 4.79 Å². The first-order valence-electron chi connectivity index (χ1n) is 6.77. The number of carbonyl (C=O) groups is 1. The Labute approximate surface area is 118 Å². The summed E-state index contributed by atoms with van der Waals surface area (Å²) in [7, 11) is 0. The van der Waals surface area contributed by atoms with Gasteiger partial charge in [-0.15, -0.1) is 0 Å². The van der Waals surface area contributed by atoms with Gasteiger partial charge in [-0.1, -0.05) is 6.07 Å². The van der Waals surface area contributed by atoms with Crippen LogP contribution in [0.1, 0.15) is 17.3 Å². The number of hydrazine groups is 1. The number of nitrogen functional groups attached to an aromatic ring is 1. The number of nitrogens with zero attached hydrogens (tertiary/aromatic N) is 1. The van der Waals surface area contributed by atoms with Gasteiger partial charge in [0.25, 0.3) is 5.91 Å². The third-order valence-corrected chi connectivity index (χ3v) is 3.23. The molecule has 0 saturated carbocycles. The number of nitrogens with one attached hydrogen (secondary N) is 1. The average molecular weight is 279 g/mol. The standard InChI is InChI=1S/C14H21N3O3/c1-11-10-17(5-7-19-11)6-8-20-13-4-2-3-12(9-13)14(18)16-15/h2-4,9,11H,5-8,10,15H2,1H3,(H,16,18). The molecule has 110 valence electrons. The van der Waals surface area contributed by atoms with Crippen LogP contribution in [0.25, 0.3) is 0 Å². The van der Waals surface area contributed by atoms with Gasteiger partial charge in [0, 0.05) is 25.2 Å². The van der Waals surface area contributed by atoms with E-state index in [0.29, 0.717) is 17.9 Å². The van der Waals surface area contributed by atoms with Gasteiger partial charge < -0.3 is 9.47 Å². The Balaban J connectivity index is 1.80. The maximum Gasteiger partial charge on any atom is 0.265 e. The first-order valence-corrected chi connectivity index (χ1v) is 6.77. The Kier molecular flexibility index (Phi) is 5.34. The van der Waals surface area contributed by atoms with Crippen molar-refractivity contribution >= 4 is 5.91 Å². The van der Waals surface area contributed by atoms with Gasteiger partial charge in [-0.25, -0.2) is 5.84 Å². The molecule has 1 fully saturated rings. The molecule has 1 aromatic carbocycles. The molecule has 1 unspecified atom stereocenters. The van der Waals surface area contributed by atoms with E-state index < -0.39 is 0 Å². The Hall–Kier alpha value is -1.63. The predicted octanol–water partition coefficient (Wildman–Crippen LogP) is 0.390. The van der Waals surface area contributed by atoms with E-state index in [-0.39, 0.29) is 12.0 Å². The Morgan fingerprint density at radius 1 is 1.60 bits per heavy atom. The summed E-state index contributed by atoms with van der Waals surface area (Å²) in [5.74, 6) is 5.46. The number of nitrogens with two attached hydrogens (primary N) is 1. The molecule has 0 aliphatic carbocycles. The monoisotopic (exact) mass is 279 g/mol. The molecule has 0 radical (unpaired) electrons. The average Bonchev–Trinajstić information content (AvgIpc) is 2.47. The van der Waals surface area contributed by atoms with Crippen LogP contribution in [0.5, 0.6) is 5.75 Å². The highest BCUT2D eigenvalue weighted by atomic mass is 16.5. The molecule has 1 aliphatic heterocycles. The molecule has 1 amide bonds. The summed E-state index contributed by atoms with van der Waals surface area (Å²) in [4.78, 5) is 13.7. The molecule has 0 spiro atoms. The van der Waals surface area contributed by atoms with Crippen LogP contribution in [0.15, 0.2) is 24.3 Å². The highest BCUT2D eigenvalue weighted by Crippen LogP contribution is 2.13. The minimum Gasteiger partial charge on any atom is -0.492 e. The first kappa shape index (κ1) is 14.8. The van der Waals surface area contributed by atoms with Crippen LogP contribution in [0.4, 0.5) is 0 Å². The van der Waals surface area contributed by atoms with Crippen molar-refractivity contribution in [3.8, 4) is 5.75 Å². The van der Waals surface area contributed by atoms with Gasteiger partial charge in [0.1, 0.15) is 12.4 Å². The fourth-order valence-electron chi connectivity index (χ4n) is 2.20. The zero-order chi connectivity index (χ0) is 14.4. The summed E-state index contributed by atoms with van der Waals surface area (Å²) in [6.45, 7) is 6.14. The molecule has 1 saturated heterocycles. The summed E-state index contributed by atoms with van der Waals surface area (Å²) >= 11 is 0. The van der Waals surface area contributed by atoms with Gasteiger partial charge in [-0.05, 0) is 25.1 Å². The van der Waals surface area contributed by atoms with Crippen molar-refractivity contribution < 1.29 is 14.3 Å². The smallest absolute Gasteiger partial charge is 0.265 e. The second-order valence-corrected chi connectivity index (χ2v) is 4.83. The lowest BCUT2D eigenvalue weighted by Crippen LogP contribution is -2.42. The summed E-state index contributed by atoms with van der Waals surface area (Å²) in [5, 5.41) is 0. The number of hydrogen-bond acceptors (Lipinski definition) is 5. The van der Waals surface area contributed by atoms with Crippen molar-refractivity contribution in [2.24, 2.45) is 5.84 Å². The molecule has 1 aliphatic rings. The van der Waals surface area contributed by atoms with Gasteiger partial charge in [-0.2, -0.15) is 0 Å². The summed E-state index contributed by atoms with van der Waals surface area (Å²) in [6, 6.07) is 6.98. The highest BCUT2D eigenvalue weighted by Gasteiger charge is 2.16. The number of amides is 1. The number of ether oxygens (including phenoxy) is 2. The molecule has 0 aromatic heterocycles. The maximum atomic E-state index is 11.4.